The number of unbranched alkanes of at least 4 members (excludes halogenated alkanes) is 1. The minimum atomic E-state index is -0.137. The number of hydrogen-bond acceptors (Lipinski definition) is 0. The van der Waals surface area contributed by atoms with Gasteiger partial charge in [0.25, 0.3) is 0 Å². The average molecular weight is 383 g/mol. The molecule has 2 atom stereocenters. The number of benzene rings is 1. The van der Waals surface area contributed by atoms with Gasteiger partial charge in [-0.25, -0.2) is 4.39 Å². The molecule has 1 aliphatic rings. The van der Waals surface area contributed by atoms with Crippen molar-refractivity contribution in [3.63, 3.8) is 0 Å². The molecule has 0 N–H and O–H groups in total. The van der Waals surface area contributed by atoms with Crippen molar-refractivity contribution < 1.29 is 8.96 Å². The number of aromatic nitrogens is 1. The molecule has 0 radical (unpaired) electrons. The highest BCUT2D eigenvalue weighted by Crippen LogP contribution is 2.52. The van der Waals surface area contributed by atoms with Gasteiger partial charge >= 0.3 is 0 Å². The second-order valence-corrected chi connectivity index (χ2v) is 8.80. The third kappa shape index (κ3) is 3.19. The van der Waals surface area contributed by atoms with Crippen LogP contribution < -0.4 is 4.57 Å². The maximum absolute atomic E-state index is 14.5. The zero-order chi connectivity index (χ0) is 20.4. The summed E-state index contributed by atoms with van der Waals surface area (Å²) in [4.78, 5) is 0. The summed E-state index contributed by atoms with van der Waals surface area (Å²) < 4.78 is 16.8. The minimum absolute atomic E-state index is 0.00338. The molecule has 2 heterocycles. The number of halogens is 1. The number of aryl methyl sites for hydroxylation is 1. The van der Waals surface area contributed by atoms with Crippen LogP contribution in [0.25, 0.3) is 11.3 Å². The summed E-state index contributed by atoms with van der Waals surface area (Å²) in [6.07, 6.45) is 10.7. The number of hydrogen-bond donors (Lipinski definition) is 0. The monoisotopic (exact) mass is 382 g/mol. The van der Waals surface area contributed by atoms with Crippen molar-refractivity contribution in [2.75, 3.05) is 0 Å². The summed E-state index contributed by atoms with van der Waals surface area (Å²) in [7, 11) is 0. The van der Waals surface area contributed by atoms with E-state index in [0.717, 1.165) is 38.5 Å². The molecule has 2 unspecified atom stereocenters. The molecule has 2 aromatic rings. The summed E-state index contributed by atoms with van der Waals surface area (Å²) in [6, 6.07) is 10.7. The Morgan fingerprint density at radius 3 is 2.32 bits per heavy atom. The first-order valence-electron chi connectivity index (χ1n) is 11.3. The number of pyridine rings is 1. The van der Waals surface area contributed by atoms with E-state index in [1.807, 2.05) is 6.07 Å². The van der Waals surface area contributed by atoms with Crippen LogP contribution in [0.4, 0.5) is 4.39 Å². The van der Waals surface area contributed by atoms with Crippen LogP contribution in [0.2, 0.25) is 0 Å². The van der Waals surface area contributed by atoms with Crippen LogP contribution in [0.15, 0.2) is 36.5 Å². The zero-order valence-electron chi connectivity index (χ0n) is 18.4. The SMILES string of the molecule is CCCCc1ccc2c(c1)-c1ccc(F)c[n+]1C(CC)(CCC)C2(C)CCC. The first-order chi connectivity index (χ1) is 13.5. The molecular formula is C26H37FN+. The van der Waals surface area contributed by atoms with Gasteiger partial charge in [0.2, 0.25) is 11.9 Å². The van der Waals surface area contributed by atoms with Crippen molar-refractivity contribution in [3.8, 4) is 11.3 Å². The second kappa shape index (κ2) is 8.35. The molecule has 0 fully saturated rings. The van der Waals surface area contributed by atoms with Crippen LogP contribution in [-0.2, 0) is 17.4 Å². The van der Waals surface area contributed by atoms with Gasteiger partial charge in [-0.3, -0.25) is 0 Å². The molecule has 2 heteroatoms. The Hall–Kier alpha value is -1.70. The lowest BCUT2D eigenvalue weighted by molar-refractivity contribution is -0.771. The van der Waals surface area contributed by atoms with Gasteiger partial charge < -0.3 is 0 Å². The molecule has 1 aromatic carbocycles. The van der Waals surface area contributed by atoms with Crippen LogP contribution in [0.3, 0.4) is 0 Å². The van der Waals surface area contributed by atoms with Crippen molar-refractivity contribution >= 4 is 0 Å². The summed E-state index contributed by atoms with van der Waals surface area (Å²) >= 11 is 0. The van der Waals surface area contributed by atoms with E-state index >= 15 is 0 Å². The van der Waals surface area contributed by atoms with Crippen molar-refractivity contribution in [3.05, 3.63) is 53.5 Å². The molecular weight excluding hydrogens is 345 g/mol. The summed E-state index contributed by atoms with van der Waals surface area (Å²) in [5.41, 5.74) is 5.25. The standard InChI is InChI=1S/C26H37FN/c1-6-10-11-20-12-14-23-22(18-20)24-15-13-21(27)19-28(24)26(9-4,17-8-3)25(23,5)16-7-2/h12-15,18-19H,6-11,16-17H2,1-5H3/q+1. The lowest BCUT2D eigenvalue weighted by Gasteiger charge is -2.48. The third-order valence-electron chi connectivity index (χ3n) is 7.17. The van der Waals surface area contributed by atoms with E-state index in [1.54, 1.807) is 12.3 Å². The Morgan fingerprint density at radius 2 is 1.68 bits per heavy atom. The molecule has 0 bridgehead atoms. The predicted octanol–water partition coefficient (Wildman–Crippen LogP) is 7.10. The Bertz CT molecular complexity index is 827. The number of nitrogens with zero attached hydrogens (tertiary/aromatic N) is 1. The van der Waals surface area contributed by atoms with E-state index in [2.05, 4.69) is 57.4 Å². The van der Waals surface area contributed by atoms with Gasteiger partial charge in [0.05, 0.1) is 11.0 Å². The van der Waals surface area contributed by atoms with Gasteiger partial charge in [0.1, 0.15) is 0 Å². The summed E-state index contributed by atoms with van der Waals surface area (Å²) in [6.45, 7) is 11.5. The second-order valence-electron chi connectivity index (χ2n) is 8.80. The summed E-state index contributed by atoms with van der Waals surface area (Å²) in [5.74, 6) is -0.137. The van der Waals surface area contributed by atoms with E-state index in [0.29, 0.717) is 0 Å². The van der Waals surface area contributed by atoms with Gasteiger partial charge in [-0.15, -0.1) is 0 Å². The van der Waals surface area contributed by atoms with E-state index in [1.165, 1.54) is 35.2 Å². The fourth-order valence-electron chi connectivity index (χ4n) is 5.80. The predicted molar refractivity (Wildman–Crippen MR) is 116 cm³/mol. The molecule has 1 nitrogen and oxygen atoms in total. The van der Waals surface area contributed by atoms with Gasteiger partial charge in [0.15, 0.2) is 11.4 Å². The van der Waals surface area contributed by atoms with E-state index in [-0.39, 0.29) is 16.8 Å². The quantitative estimate of drug-likeness (QED) is 0.429. The minimum Gasteiger partial charge on any atom is -0.200 e. The van der Waals surface area contributed by atoms with Gasteiger partial charge in [-0.2, -0.15) is 4.57 Å². The fourth-order valence-corrected chi connectivity index (χ4v) is 5.80. The van der Waals surface area contributed by atoms with Crippen LogP contribution in [0, 0.1) is 5.82 Å². The highest BCUT2D eigenvalue weighted by Gasteiger charge is 2.59. The maximum atomic E-state index is 14.5. The van der Waals surface area contributed by atoms with Gasteiger partial charge in [-0.05, 0) is 55.9 Å². The topological polar surface area (TPSA) is 3.88 Å². The normalized spacial score (nSPS) is 23.4. The van der Waals surface area contributed by atoms with Crippen molar-refractivity contribution in [1.82, 2.24) is 0 Å². The largest absolute Gasteiger partial charge is 0.213 e. The third-order valence-corrected chi connectivity index (χ3v) is 7.17. The van der Waals surface area contributed by atoms with Crippen molar-refractivity contribution in [1.29, 1.82) is 0 Å². The average Bonchev–Trinajstić information content (AvgIpc) is 2.69. The molecule has 3 rings (SSSR count). The molecule has 1 aromatic heterocycles. The van der Waals surface area contributed by atoms with Crippen molar-refractivity contribution in [2.45, 2.75) is 96.9 Å². The van der Waals surface area contributed by atoms with Crippen LogP contribution in [-0.4, -0.2) is 0 Å². The van der Waals surface area contributed by atoms with Crippen LogP contribution >= 0.6 is 0 Å². The lowest BCUT2D eigenvalue weighted by Crippen LogP contribution is -2.69. The van der Waals surface area contributed by atoms with Gasteiger partial charge in [0, 0.05) is 18.9 Å². The van der Waals surface area contributed by atoms with E-state index < -0.39 is 0 Å². The molecule has 0 aliphatic carbocycles. The molecule has 0 spiro atoms. The lowest BCUT2D eigenvalue weighted by atomic mass is 9.57. The van der Waals surface area contributed by atoms with Crippen molar-refractivity contribution in [2.24, 2.45) is 0 Å². The van der Waals surface area contributed by atoms with E-state index in [9.17, 15) is 4.39 Å². The maximum Gasteiger partial charge on any atom is 0.213 e. The zero-order valence-corrected chi connectivity index (χ0v) is 18.4. The highest BCUT2D eigenvalue weighted by molar-refractivity contribution is 5.66. The molecule has 0 saturated carbocycles. The molecule has 0 amide bonds. The summed E-state index contributed by atoms with van der Waals surface area (Å²) in [5, 5.41) is 0. The van der Waals surface area contributed by atoms with E-state index in [4.69, 9.17) is 0 Å². The Labute approximate surface area is 171 Å². The molecule has 28 heavy (non-hydrogen) atoms. The Kier molecular flexibility index (Phi) is 6.27. The number of fused-ring (bicyclic) bond motifs is 3. The smallest absolute Gasteiger partial charge is 0.200 e. The van der Waals surface area contributed by atoms with Crippen LogP contribution in [0.5, 0.6) is 0 Å². The first kappa shape index (κ1) is 21.0. The first-order valence-corrected chi connectivity index (χ1v) is 11.3. The number of rotatable bonds is 8. The highest BCUT2D eigenvalue weighted by atomic mass is 19.1. The fraction of sp³-hybridized carbons (Fsp3) is 0.577. The Morgan fingerprint density at radius 1 is 0.929 bits per heavy atom. The Balaban J connectivity index is 2.32. The van der Waals surface area contributed by atoms with Gasteiger partial charge in [-0.1, -0.05) is 52.7 Å². The molecule has 152 valence electrons. The molecule has 1 aliphatic heterocycles. The van der Waals surface area contributed by atoms with Crippen LogP contribution in [0.1, 0.15) is 90.7 Å². The molecule has 0 saturated heterocycles.